The lowest BCUT2D eigenvalue weighted by Crippen LogP contribution is -2.14. The molecule has 0 fully saturated rings. The number of para-hydroxylation sites is 1. The Labute approximate surface area is 121 Å². The van der Waals surface area contributed by atoms with E-state index in [9.17, 15) is 0 Å². The maximum Gasteiger partial charge on any atom is 0.119 e. The van der Waals surface area contributed by atoms with Gasteiger partial charge in [0.1, 0.15) is 5.75 Å². The Morgan fingerprint density at radius 2 is 1.50 bits per heavy atom. The molecule has 1 unspecified atom stereocenters. The SMILES string of the molecule is CC(C)c1ccc(C(N)CCOc2ccccc2)cc1. The summed E-state index contributed by atoms with van der Waals surface area (Å²) in [5.41, 5.74) is 8.73. The molecule has 2 nitrogen and oxygen atoms in total. The van der Waals surface area contributed by atoms with E-state index in [1.54, 1.807) is 0 Å². The third kappa shape index (κ3) is 4.10. The highest BCUT2D eigenvalue weighted by Gasteiger charge is 2.07. The Morgan fingerprint density at radius 3 is 2.10 bits per heavy atom. The Kier molecular flexibility index (Phi) is 5.19. The summed E-state index contributed by atoms with van der Waals surface area (Å²) in [4.78, 5) is 0. The van der Waals surface area contributed by atoms with Gasteiger partial charge >= 0.3 is 0 Å². The Morgan fingerprint density at radius 1 is 0.900 bits per heavy atom. The fourth-order valence-electron chi connectivity index (χ4n) is 2.12. The van der Waals surface area contributed by atoms with Crippen molar-refractivity contribution in [2.45, 2.75) is 32.2 Å². The van der Waals surface area contributed by atoms with Gasteiger partial charge in [-0.2, -0.15) is 0 Å². The summed E-state index contributed by atoms with van der Waals surface area (Å²) < 4.78 is 5.68. The van der Waals surface area contributed by atoms with E-state index in [4.69, 9.17) is 10.5 Å². The number of benzene rings is 2. The highest BCUT2D eigenvalue weighted by atomic mass is 16.5. The topological polar surface area (TPSA) is 35.2 Å². The summed E-state index contributed by atoms with van der Waals surface area (Å²) in [5, 5.41) is 0. The molecule has 1 atom stereocenters. The summed E-state index contributed by atoms with van der Waals surface area (Å²) in [6.45, 7) is 5.03. The van der Waals surface area contributed by atoms with Crippen LogP contribution in [0.3, 0.4) is 0 Å². The van der Waals surface area contributed by atoms with E-state index < -0.39 is 0 Å². The number of hydrogen-bond acceptors (Lipinski definition) is 2. The average Bonchev–Trinajstić information content (AvgIpc) is 2.48. The summed E-state index contributed by atoms with van der Waals surface area (Å²) in [5.74, 6) is 1.46. The average molecular weight is 269 g/mol. The van der Waals surface area contributed by atoms with E-state index in [1.807, 2.05) is 30.3 Å². The molecule has 0 aromatic heterocycles. The van der Waals surface area contributed by atoms with Crippen LogP contribution < -0.4 is 10.5 Å². The normalized spacial score (nSPS) is 12.4. The van der Waals surface area contributed by atoms with E-state index in [0.717, 1.165) is 12.2 Å². The van der Waals surface area contributed by atoms with E-state index in [2.05, 4.69) is 38.1 Å². The first kappa shape index (κ1) is 14.6. The van der Waals surface area contributed by atoms with Crippen molar-refractivity contribution in [2.24, 2.45) is 5.73 Å². The molecule has 0 aliphatic heterocycles. The summed E-state index contributed by atoms with van der Waals surface area (Å²) >= 11 is 0. The zero-order chi connectivity index (χ0) is 14.4. The highest BCUT2D eigenvalue weighted by molar-refractivity contribution is 5.26. The van der Waals surface area contributed by atoms with Gasteiger partial charge in [-0.05, 0) is 29.2 Å². The number of nitrogens with two attached hydrogens (primary N) is 1. The van der Waals surface area contributed by atoms with Gasteiger partial charge in [-0.3, -0.25) is 0 Å². The van der Waals surface area contributed by atoms with Crippen molar-refractivity contribution in [1.82, 2.24) is 0 Å². The molecule has 0 saturated carbocycles. The van der Waals surface area contributed by atoms with E-state index in [0.29, 0.717) is 12.5 Å². The first-order valence-corrected chi connectivity index (χ1v) is 7.20. The van der Waals surface area contributed by atoms with E-state index in [1.165, 1.54) is 11.1 Å². The van der Waals surface area contributed by atoms with Crippen molar-refractivity contribution in [1.29, 1.82) is 0 Å². The summed E-state index contributed by atoms with van der Waals surface area (Å²) in [6.07, 6.45) is 0.815. The van der Waals surface area contributed by atoms with Crippen molar-refractivity contribution >= 4 is 0 Å². The van der Waals surface area contributed by atoms with Crippen LogP contribution in [0.15, 0.2) is 54.6 Å². The molecule has 0 aliphatic rings. The summed E-state index contributed by atoms with van der Waals surface area (Å²) in [6, 6.07) is 18.5. The second-order valence-corrected chi connectivity index (χ2v) is 5.38. The number of rotatable bonds is 6. The molecule has 20 heavy (non-hydrogen) atoms. The molecule has 106 valence electrons. The Balaban J connectivity index is 1.84. The van der Waals surface area contributed by atoms with E-state index in [-0.39, 0.29) is 6.04 Å². The molecule has 0 heterocycles. The standard InChI is InChI=1S/C18H23NO/c1-14(2)15-8-10-16(11-9-15)18(19)12-13-20-17-6-4-3-5-7-17/h3-11,14,18H,12-13,19H2,1-2H3. The molecule has 0 radical (unpaired) electrons. The first-order chi connectivity index (χ1) is 9.66. The van der Waals surface area contributed by atoms with Crippen LogP contribution in [0.2, 0.25) is 0 Å². The minimum absolute atomic E-state index is 0.0277. The van der Waals surface area contributed by atoms with Crippen LogP contribution in [0.4, 0.5) is 0 Å². The first-order valence-electron chi connectivity index (χ1n) is 7.20. The fourth-order valence-corrected chi connectivity index (χ4v) is 2.12. The quantitative estimate of drug-likeness (QED) is 0.849. The lowest BCUT2D eigenvalue weighted by atomic mass is 9.98. The van der Waals surface area contributed by atoms with Gasteiger partial charge < -0.3 is 10.5 Å². The van der Waals surface area contributed by atoms with Crippen molar-refractivity contribution in [3.8, 4) is 5.75 Å². The van der Waals surface area contributed by atoms with Gasteiger partial charge in [-0.25, -0.2) is 0 Å². The van der Waals surface area contributed by atoms with Gasteiger partial charge in [-0.15, -0.1) is 0 Å². The molecule has 0 aliphatic carbocycles. The molecule has 0 spiro atoms. The lowest BCUT2D eigenvalue weighted by molar-refractivity contribution is 0.298. The molecule has 0 bridgehead atoms. The van der Waals surface area contributed by atoms with Gasteiger partial charge in [-0.1, -0.05) is 56.3 Å². The van der Waals surface area contributed by atoms with Crippen molar-refractivity contribution < 1.29 is 4.74 Å². The van der Waals surface area contributed by atoms with E-state index >= 15 is 0 Å². The number of ether oxygens (including phenoxy) is 1. The maximum absolute atomic E-state index is 6.21. The predicted octanol–water partition coefficient (Wildman–Crippen LogP) is 4.28. The predicted molar refractivity (Wildman–Crippen MR) is 84.0 cm³/mol. The largest absolute Gasteiger partial charge is 0.494 e. The molecule has 0 saturated heterocycles. The van der Waals surface area contributed by atoms with Crippen LogP contribution in [0.1, 0.15) is 43.4 Å². The molecule has 2 heteroatoms. The minimum atomic E-state index is 0.0277. The zero-order valence-corrected chi connectivity index (χ0v) is 12.3. The smallest absolute Gasteiger partial charge is 0.119 e. The van der Waals surface area contributed by atoms with Crippen LogP contribution in [0.5, 0.6) is 5.75 Å². The van der Waals surface area contributed by atoms with Gasteiger partial charge in [0.25, 0.3) is 0 Å². The lowest BCUT2D eigenvalue weighted by Gasteiger charge is -2.14. The zero-order valence-electron chi connectivity index (χ0n) is 12.3. The van der Waals surface area contributed by atoms with Crippen LogP contribution in [0.25, 0.3) is 0 Å². The Bertz CT molecular complexity index is 505. The third-order valence-electron chi connectivity index (χ3n) is 3.47. The van der Waals surface area contributed by atoms with Crippen LogP contribution >= 0.6 is 0 Å². The third-order valence-corrected chi connectivity index (χ3v) is 3.47. The van der Waals surface area contributed by atoms with Gasteiger partial charge in [0.05, 0.1) is 6.61 Å². The number of hydrogen-bond donors (Lipinski definition) is 1. The van der Waals surface area contributed by atoms with Gasteiger partial charge in [0.2, 0.25) is 0 Å². The second kappa shape index (κ2) is 7.11. The Hall–Kier alpha value is -1.80. The molecule has 2 rings (SSSR count). The van der Waals surface area contributed by atoms with Crippen molar-refractivity contribution in [3.05, 3.63) is 65.7 Å². The molecular formula is C18H23NO. The van der Waals surface area contributed by atoms with Crippen LogP contribution in [-0.4, -0.2) is 6.61 Å². The molecular weight excluding hydrogens is 246 g/mol. The van der Waals surface area contributed by atoms with Crippen molar-refractivity contribution in [2.75, 3.05) is 6.61 Å². The van der Waals surface area contributed by atoms with Gasteiger partial charge in [0, 0.05) is 12.5 Å². The maximum atomic E-state index is 6.21. The van der Waals surface area contributed by atoms with Gasteiger partial charge in [0.15, 0.2) is 0 Å². The monoisotopic (exact) mass is 269 g/mol. The fraction of sp³-hybridized carbons (Fsp3) is 0.333. The molecule has 2 aromatic rings. The van der Waals surface area contributed by atoms with Crippen LogP contribution in [-0.2, 0) is 0 Å². The molecule has 2 aromatic carbocycles. The molecule has 0 amide bonds. The second-order valence-electron chi connectivity index (χ2n) is 5.38. The van der Waals surface area contributed by atoms with Crippen molar-refractivity contribution in [3.63, 3.8) is 0 Å². The van der Waals surface area contributed by atoms with Crippen LogP contribution in [0, 0.1) is 0 Å². The summed E-state index contributed by atoms with van der Waals surface area (Å²) in [7, 11) is 0. The minimum Gasteiger partial charge on any atom is -0.494 e. The molecule has 2 N–H and O–H groups in total. The highest BCUT2D eigenvalue weighted by Crippen LogP contribution is 2.19.